The van der Waals surface area contributed by atoms with Crippen molar-refractivity contribution in [1.82, 2.24) is 4.90 Å². The molecule has 0 saturated heterocycles. The van der Waals surface area contributed by atoms with E-state index in [-0.39, 0.29) is 11.6 Å². The fourth-order valence-electron chi connectivity index (χ4n) is 3.37. The van der Waals surface area contributed by atoms with Gasteiger partial charge in [-0.2, -0.15) is 0 Å². The summed E-state index contributed by atoms with van der Waals surface area (Å²) in [6.07, 6.45) is 4.88. The average Bonchev–Trinajstić information content (AvgIpc) is 2.49. The van der Waals surface area contributed by atoms with Gasteiger partial charge in [-0.15, -0.1) is 0 Å². The monoisotopic (exact) mass is 296 g/mol. The summed E-state index contributed by atoms with van der Waals surface area (Å²) >= 11 is 5.94. The Hall–Kier alpha value is -0.610. The van der Waals surface area contributed by atoms with Crippen LogP contribution in [-0.2, 0) is 11.3 Å². The molecular formula is C16H25ClN2O. The third kappa shape index (κ3) is 3.17. The minimum atomic E-state index is -0.0490. The van der Waals surface area contributed by atoms with Crippen molar-refractivity contribution in [2.45, 2.75) is 43.9 Å². The fourth-order valence-corrected chi connectivity index (χ4v) is 3.50. The van der Waals surface area contributed by atoms with Crippen LogP contribution in [0.2, 0.25) is 5.02 Å². The first-order valence-electron chi connectivity index (χ1n) is 7.31. The number of hydrogen-bond donors (Lipinski definition) is 1. The Bertz CT molecular complexity index is 423. The molecular weight excluding hydrogens is 272 g/mol. The molecule has 0 aliphatic heterocycles. The highest BCUT2D eigenvalue weighted by Crippen LogP contribution is 2.35. The molecule has 3 nitrogen and oxygen atoms in total. The summed E-state index contributed by atoms with van der Waals surface area (Å²) in [6, 6.07) is 8.03. The lowest BCUT2D eigenvalue weighted by Gasteiger charge is -2.48. The number of rotatable bonds is 5. The van der Waals surface area contributed by atoms with Crippen LogP contribution in [0, 0.1) is 0 Å². The van der Waals surface area contributed by atoms with Crippen LogP contribution in [0.3, 0.4) is 0 Å². The van der Waals surface area contributed by atoms with Crippen LogP contribution in [0.4, 0.5) is 0 Å². The molecule has 0 heterocycles. The molecule has 0 radical (unpaired) electrons. The van der Waals surface area contributed by atoms with E-state index in [2.05, 4.69) is 24.1 Å². The van der Waals surface area contributed by atoms with Crippen molar-refractivity contribution in [2.75, 3.05) is 20.7 Å². The van der Waals surface area contributed by atoms with E-state index >= 15 is 0 Å². The zero-order chi connectivity index (χ0) is 14.6. The van der Waals surface area contributed by atoms with E-state index in [4.69, 9.17) is 22.1 Å². The van der Waals surface area contributed by atoms with Crippen LogP contribution < -0.4 is 5.73 Å². The first-order chi connectivity index (χ1) is 9.62. The number of nitrogens with zero attached hydrogens (tertiary/aromatic N) is 1. The molecule has 1 aromatic carbocycles. The van der Waals surface area contributed by atoms with Crippen LogP contribution in [0.5, 0.6) is 0 Å². The summed E-state index contributed by atoms with van der Waals surface area (Å²) in [4.78, 5) is 2.36. The Morgan fingerprint density at radius 2 is 2.05 bits per heavy atom. The lowest BCUT2D eigenvalue weighted by atomic mass is 9.77. The van der Waals surface area contributed by atoms with Gasteiger partial charge in [0, 0.05) is 25.2 Å². The molecule has 2 unspecified atom stereocenters. The van der Waals surface area contributed by atoms with Crippen molar-refractivity contribution in [2.24, 2.45) is 5.73 Å². The summed E-state index contributed by atoms with van der Waals surface area (Å²) in [7, 11) is 3.95. The van der Waals surface area contributed by atoms with Crippen LogP contribution in [-0.4, -0.2) is 37.2 Å². The average molecular weight is 297 g/mol. The smallest absolute Gasteiger partial charge is 0.0767 e. The minimum Gasteiger partial charge on any atom is -0.379 e. The molecule has 1 aliphatic rings. The van der Waals surface area contributed by atoms with Gasteiger partial charge >= 0.3 is 0 Å². The molecule has 112 valence electrons. The SMILES string of the molecule is COC1CCCCC1(CN)N(C)Cc1ccc(Cl)cc1. The predicted molar refractivity (Wildman–Crippen MR) is 84.0 cm³/mol. The van der Waals surface area contributed by atoms with Gasteiger partial charge in [-0.25, -0.2) is 0 Å². The third-order valence-electron chi connectivity index (χ3n) is 4.66. The summed E-state index contributed by atoms with van der Waals surface area (Å²) in [5.41, 5.74) is 7.35. The summed E-state index contributed by atoms with van der Waals surface area (Å²) < 4.78 is 5.73. The van der Waals surface area contributed by atoms with Crippen LogP contribution in [0.25, 0.3) is 0 Å². The number of hydrogen-bond acceptors (Lipinski definition) is 3. The number of halogens is 1. The maximum atomic E-state index is 6.14. The van der Waals surface area contributed by atoms with E-state index in [0.717, 1.165) is 24.4 Å². The van der Waals surface area contributed by atoms with Crippen molar-refractivity contribution in [3.63, 3.8) is 0 Å². The lowest BCUT2D eigenvalue weighted by molar-refractivity contribution is -0.0688. The molecule has 0 spiro atoms. The van der Waals surface area contributed by atoms with Crippen LogP contribution >= 0.6 is 11.6 Å². The molecule has 2 rings (SSSR count). The quantitative estimate of drug-likeness (QED) is 0.907. The van der Waals surface area contributed by atoms with E-state index in [9.17, 15) is 0 Å². The van der Waals surface area contributed by atoms with Crippen molar-refractivity contribution >= 4 is 11.6 Å². The topological polar surface area (TPSA) is 38.5 Å². The number of likely N-dealkylation sites (N-methyl/N-ethyl adjacent to an activating group) is 1. The van der Waals surface area contributed by atoms with Gasteiger partial charge in [0.2, 0.25) is 0 Å². The molecule has 1 fully saturated rings. The van der Waals surface area contributed by atoms with E-state index in [1.165, 1.54) is 18.4 Å². The van der Waals surface area contributed by atoms with Gasteiger partial charge in [0.25, 0.3) is 0 Å². The Morgan fingerprint density at radius 3 is 2.65 bits per heavy atom. The fraction of sp³-hybridized carbons (Fsp3) is 0.625. The van der Waals surface area contributed by atoms with E-state index in [1.807, 2.05) is 12.1 Å². The van der Waals surface area contributed by atoms with E-state index < -0.39 is 0 Å². The van der Waals surface area contributed by atoms with Gasteiger partial charge in [0.1, 0.15) is 0 Å². The summed E-state index contributed by atoms with van der Waals surface area (Å²) in [5, 5.41) is 0.775. The van der Waals surface area contributed by atoms with Crippen molar-refractivity contribution in [3.05, 3.63) is 34.9 Å². The molecule has 0 bridgehead atoms. The lowest BCUT2D eigenvalue weighted by Crippen LogP contribution is -2.61. The first kappa shape index (κ1) is 15.8. The van der Waals surface area contributed by atoms with Gasteiger partial charge in [-0.1, -0.05) is 36.6 Å². The standard InChI is InChI=1S/C16H25ClN2O/c1-19(11-13-6-8-14(17)9-7-13)16(12-18)10-4-3-5-15(16)20-2/h6-9,15H,3-5,10-12,18H2,1-2H3. The molecule has 0 amide bonds. The zero-order valence-corrected chi connectivity index (χ0v) is 13.2. The maximum absolute atomic E-state index is 6.14. The molecule has 4 heteroatoms. The van der Waals surface area contributed by atoms with E-state index in [0.29, 0.717) is 6.54 Å². The number of nitrogens with two attached hydrogens (primary N) is 1. The van der Waals surface area contributed by atoms with E-state index in [1.54, 1.807) is 7.11 Å². The second-order valence-corrected chi connectivity index (χ2v) is 6.20. The van der Waals surface area contributed by atoms with Crippen molar-refractivity contribution < 1.29 is 4.74 Å². The highest BCUT2D eigenvalue weighted by molar-refractivity contribution is 6.30. The molecule has 1 aliphatic carbocycles. The number of ether oxygens (including phenoxy) is 1. The van der Waals surface area contributed by atoms with Crippen molar-refractivity contribution in [1.29, 1.82) is 0 Å². The van der Waals surface area contributed by atoms with Gasteiger partial charge in [-0.05, 0) is 37.6 Å². The largest absolute Gasteiger partial charge is 0.379 e. The van der Waals surface area contributed by atoms with Gasteiger partial charge in [0.15, 0.2) is 0 Å². The Labute approximate surface area is 127 Å². The van der Waals surface area contributed by atoms with Gasteiger partial charge < -0.3 is 10.5 Å². The highest BCUT2D eigenvalue weighted by Gasteiger charge is 2.43. The van der Waals surface area contributed by atoms with Gasteiger partial charge in [-0.3, -0.25) is 4.90 Å². The second kappa shape index (κ2) is 6.90. The Balaban J connectivity index is 2.15. The Morgan fingerprint density at radius 1 is 1.35 bits per heavy atom. The number of benzene rings is 1. The predicted octanol–water partition coefficient (Wildman–Crippen LogP) is 3.06. The van der Waals surface area contributed by atoms with Gasteiger partial charge in [0.05, 0.1) is 11.6 Å². The molecule has 1 saturated carbocycles. The molecule has 2 atom stereocenters. The normalized spacial score (nSPS) is 26.9. The maximum Gasteiger partial charge on any atom is 0.0767 e. The Kier molecular flexibility index (Phi) is 5.44. The molecule has 1 aromatic rings. The second-order valence-electron chi connectivity index (χ2n) is 5.76. The molecule has 0 aromatic heterocycles. The van der Waals surface area contributed by atoms with Crippen molar-refractivity contribution in [3.8, 4) is 0 Å². The summed E-state index contributed by atoms with van der Waals surface area (Å²) in [6.45, 7) is 1.50. The van der Waals surface area contributed by atoms with Crippen LogP contribution in [0.15, 0.2) is 24.3 Å². The first-order valence-corrected chi connectivity index (χ1v) is 7.69. The third-order valence-corrected chi connectivity index (χ3v) is 4.91. The molecule has 2 N–H and O–H groups in total. The summed E-state index contributed by atoms with van der Waals surface area (Å²) in [5.74, 6) is 0. The zero-order valence-electron chi connectivity index (χ0n) is 12.4. The molecule has 20 heavy (non-hydrogen) atoms. The minimum absolute atomic E-state index is 0.0490. The van der Waals surface area contributed by atoms with Crippen LogP contribution in [0.1, 0.15) is 31.2 Å². The highest BCUT2D eigenvalue weighted by atomic mass is 35.5. The number of methoxy groups -OCH3 is 1.